The van der Waals surface area contributed by atoms with E-state index in [9.17, 15) is 4.79 Å². The molecule has 6 heteroatoms. The number of nitrogens with zero attached hydrogens (tertiary/aromatic N) is 4. The number of carbonyl (C=O) groups excluding carboxylic acids is 1. The molecule has 0 spiro atoms. The van der Waals surface area contributed by atoms with E-state index in [0.717, 1.165) is 15.8 Å². The van der Waals surface area contributed by atoms with Crippen molar-refractivity contribution < 1.29 is 4.79 Å². The number of anilines is 1. The summed E-state index contributed by atoms with van der Waals surface area (Å²) in [4.78, 5) is 19.4. The zero-order valence-corrected chi connectivity index (χ0v) is 14.7. The summed E-state index contributed by atoms with van der Waals surface area (Å²) < 4.78 is 1.03. The highest BCUT2D eigenvalue weighted by Gasteiger charge is 2.34. The molecule has 3 aromatic rings. The average Bonchev–Trinajstić information content (AvgIpc) is 3.17. The highest BCUT2D eigenvalue weighted by Crippen LogP contribution is 2.33. The second-order valence-corrected chi connectivity index (χ2v) is 6.91. The molecule has 124 valence electrons. The fourth-order valence-corrected chi connectivity index (χ4v) is 3.59. The Kier molecular flexibility index (Phi) is 3.82. The molecule has 5 nitrogen and oxygen atoms in total. The normalized spacial score (nSPS) is 15.9. The predicted molar refractivity (Wildman–Crippen MR) is 102 cm³/mol. The topological polar surface area (TPSA) is 48.8 Å². The first-order chi connectivity index (χ1) is 12.1. The molecule has 0 atom stereocenters. The first kappa shape index (κ1) is 15.5. The summed E-state index contributed by atoms with van der Waals surface area (Å²) in [5.74, 6) is -0.161. The molecule has 0 radical (unpaired) electrons. The summed E-state index contributed by atoms with van der Waals surface area (Å²) in [6.07, 6.45) is 1.81. The number of hydrazone groups is 1. The van der Waals surface area contributed by atoms with E-state index in [4.69, 9.17) is 0 Å². The minimum absolute atomic E-state index is 0.161. The Labute approximate surface area is 149 Å². The van der Waals surface area contributed by atoms with Gasteiger partial charge in [-0.15, -0.1) is 0 Å². The number of thiazole rings is 1. The molecule has 0 saturated carbocycles. The van der Waals surface area contributed by atoms with E-state index in [1.54, 1.807) is 0 Å². The van der Waals surface area contributed by atoms with Crippen molar-refractivity contribution in [2.24, 2.45) is 5.10 Å². The van der Waals surface area contributed by atoms with Crippen LogP contribution in [0.5, 0.6) is 0 Å². The lowest BCUT2D eigenvalue weighted by molar-refractivity contribution is -0.114. The van der Waals surface area contributed by atoms with Crippen LogP contribution in [0, 0.1) is 0 Å². The smallest absolute Gasteiger partial charge is 0.284 e. The van der Waals surface area contributed by atoms with Gasteiger partial charge < -0.3 is 4.90 Å². The van der Waals surface area contributed by atoms with Crippen LogP contribution >= 0.6 is 11.3 Å². The number of amides is 1. The maximum Gasteiger partial charge on any atom is 0.284 e. The molecule has 0 bridgehead atoms. The van der Waals surface area contributed by atoms with Crippen molar-refractivity contribution in [2.45, 2.75) is 0 Å². The fraction of sp³-hybridized carbons (Fsp3) is 0.105. The summed E-state index contributed by atoms with van der Waals surface area (Å²) in [7, 11) is 3.78. The van der Waals surface area contributed by atoms with E-state index in [0.29, 0.717) is 16.4 Å². The van der Waals surface area contributed by atoms with E-state index in [1.807, 2.05) is 79.8 Å². The molecule has 4 rings (SSSR count). The standard InChI is InChI=1S/C19H16N4OS/c1-22(2)12-14-17(13-8-4-3-5-9-13)21-23(18(14)24)19-20-15-10-6-7-11-16(15)25-19/h3-12H,1-2H3/b14-12+. The molecule has 0 saturated heterocycles. The van der Waals surface area contributed by atoms with Crippen LogP contribution in [0.4, 0.5) is 5.13 Å². The van der Waals surface area contributed by atoms with Gasteiger partial charge in [-0.1, -0.05) is 53.8 Å². The zero-order valence-electron chi connectivity index (χ0n) is 13.9. The van der Waals surface area contributed by atoms with Crippen molar-refractivity contribution in [3.05, 3.63) is 71.9 Å². The van der Waals surface area contributed by atoms with Gasteiger partial charge in [0.25, 0.3) is 5.91 Å². The lowest BCUT2D eigenvalue weighted by atomic mass is 10.0. The number of carbonyl (C=O) groups is 1. The Bertz CT molecular complexity index is 971. The van der Waals surface area contributed by atoms with Crippen LogP contribution in [-0.2, 0) is 4.79 Å². The van der Waals surface area contributed by atoms with Gasteiger partial charge >= 0.3 is 0 Å². The van der Waals surface area contributed by atoms with E-state index < -0.39 is 0 Å². The Morgan fingerprint density at radius 1 is 1.04 bits per heavy atom. The number of hydrogen-bond acceptors (Lipinski definition) is 5. The largest absolute Gasteiger partial charge is 0.383 e. The van der Waals surface area contributed by atoms with Gasteiger partial charge in [0.2, 0.25) is 5.13 Å². The van der Waals surface area contributed by atoms with Crippen LogP contribution in [0.15, 0.2) is 71.5 Å². The molecule has 0 N–H and O–H groups in total. The van der Waals surface area contributed by atoms with Crippen LogP contribution in [0.2, 0.25) is 0 Å². The van der Waals surface area contributed by atoms with Gasteiger partial charge in [0.15, 0.2) is 0 Å². The van der Waals surface area contributed by atoms with Crippen LogP contribution < -0.4 is 5.01 Å². The van der Waals surface area contributed by atoms with Gasteiger partial charge in [0.05, 0.1) is 15.8 Å². The van der Waals surface area contributed by atoms with Gasteiger partial charge in [0.1, 0.15) is 5.71 Å². The van der Waals surface area contributed by atoms with Crippen molar-refractivity contribution in [1.82, 2.24) is 9.88 Å². The van der Waals surface area contributed by atoms with Gasteiger partial charge in [0, 0.05) is 25.9 Å². The SMILES string of the molecule is CN(C)/C=C1/C(=O)N(c2nc3ccccc3s2)N=C1c1ccccc1. The second kappa shape index (κ2) is 6.14. The molecule has 1 aliphatic rings. The highest BCUT2D eigenvalue weighted by atomic mass is 32.1. The number of para-hydroxylation sites is 1. The molecule has 1 amide bonds. The van der Waals surface area contributed by atoms with Crippen LogP contribution in [-0.4, -0.2) is 35.6 Å². The summed E-state index contributed by atoms with van der Waals surface area (Å²) in [6, 6.07) is 17.6. The Morgan fingerprint density at radius 3 is 2.48 bits per heavy atom. The van der Waals surface area contributed by atoms with E-state index in [2.05, 4.69) is 10.1 Å². The highest BCUT2D eigenvalue weighted by molar-refractivity contribution is 7.22. The average molecular weight is 348 g/mol. The van der Waals surface area contributed by atoms with Crippen molar-refractivity contribution in [3.8, 4) is 0 Å². The lowest BCUT2D eigenvalue weighted by Gasteiger charge is -2.09. The number of rotatable bonds is 3. The zero-order chi connectivity index (χ0) is 17.4. The van der Waals surface area contributed by atoms with Crippen molar-refractivity contribution in [1.29, 1.82) is 0 Å². The summed E-state index contributed by atoms with van der Waals surface area (Å²) in [5, 5.41) is 6.58. The van der Waals surface area contributed by atoms with E-state index >= 15 is 0 Å². The summed E-state index contributed by atoms with van der Waals surface area (Å²) >= 11 is 1.46. The number of fused-ring (bicyclic) bond motifs is 1. The van der Waals surface area contributed by atoms with Crippen molar-refractivity contribution in [3.63, 3.8) is 0 Å². The van der Waals surface area contributed by atoms with Gasteiger partial charge in [-0.3, -0.25) is 4.79 Å². The summed E-state index contributed by atoms with van der Waals surface area (Å²) in [5.41, 5.74) is 3.01. The van der Waals surface area contributed by atoms with Gasteiger partial charge in [-0.05, 0) is 12.1 Å². The maximum atomic E-state index is 13.0. The molecule has 25 heavy (non-hydrogen) atoms. The molecule has 0 unspecified atom stereocenters. The number of aromatic nitrogens is 1. The van der Waals surface area contributed by atoms with E-state index in [1.165, 1.54) is 16.3 Å². The molecule has 0 aliphatic carbocycles. The molecule has 0 fully saturated rings. The molecular formula is C19H16N4OS. The molecule has 2 heterocycles. The fourth-order valence-electron chi connectivity index (χ4n) is 2.68. The Hall–Kier alpha value is -2.99. The molecule has 1 aromatic heterocycles. The lowest BCUT2D eigenvalue weighted by Crippen LogP contribution is -2.22. The third-order valence-corrected chi connectivity index (χ3v) is 4.79. The number of benzene rings is 2. The number of hydrogen-bond donors (Lipinski definition) is 0. The minimum atomic E-state index is -0.161. The first-order valence-corrected chi connectivity index (χ1v) is 8.68. The summed E-state index contributed by atoms with van der Waals surface area (Å²) in [6.45, 7) is 0. The third kappa shape index (κ3) is 2.81. The van der Waals surface area contributed by atoms with Crippen molar-refractivity contribution in [2.75, 3.05) is 19.1 Å². The first-order valence-electron chi connectivity index (χ1n) is 7.86. The molecular weight excluding hydrogens is 332 g/mol. The third-order valence-electron chi connectivity index (χ3n) is 3.78. The van der Waals surface area contributed by atoms with Crippen LogP contribution in [0.25, 0.3) is 10.2 Å². The monoisotopic (exact) mass is 348 g/mol. The maximum absolute atomic E-state index is 13.0. The van der Waals surface area contributed by atoms with Gasteiger partial charge in [-0.2, -0.15) is 10.1 Å². The second-order valence-electron chi connectivity index (χ2n) is 5.90. The molecule has 1 aliphatic heterocycles. The Morgan fingerprint density at radius 2 is 1.76 bits per heavy atom. The van der Waals surface area contributed by atoms with Crippen molar-refractivity contribution >= 4 is 38.3 Å². The van der Waals surface area contributed by atoms with Crippen LogP contribution in [0.1, 0.15) is 5.56 Å². The minimum Gasteiger partial charge on any atom is -0.383 e. The van der Waals surface area contributed by atoms with Crippen LogP contribution in [0.3, 0.4) is 0 Å². The Balaban J connectivity index is 1.83. The van der Waals surface area contributed by atoms with E-state index in [-0.39, 0.29) is 5.91 Å². The quantitative estimate of drug-likeness (QED) is 0.681. The van der Waals surface area contributed by atoms with Gasteiger partial charge in [-0.25, -0.2) is 4.98 Å². The predicted octanol–water partition coefficient (Wildman–Crippen LogP) is 3.49. The molecule has 2 aromatic carbocycles.